The highest BCUT2D eigenvalue weighted by molar-refractivity contribution is 5.76. The van der Waals surface area contributed by atoms with Gasteiger partial charge in [0.1, 0.15) is 0 Å². The summed E-state index contributed by atoms with van der Waals surface area (Å²) in [6, 6.07) is 10.7. The van der Waals surface area contributed by atoms with Gasteiger partial charge in [0.2, 0.25) is 5.91 Å². The molecule has 2 saturated heterocycles. The topological polar surface area (TPSA) is 61.8 Å². The number of rotatable bonds is 6. The Morgan fingerprint density at radius 1 is 1.14 bits per heavy atom. The van der Waals surface area contributed by atoms with Crippen molar-refractivity contribution in [1.29, 1.82) is 0 Å². The van der Waals surface area contributed by atoms with E-state index in [0.29, 0.717) is 42.9 Å². The molecule has 0 bridgehead atoms. The molecule has 10 unspecified atom stereocenters. The van der Waals surface area contributed by atoms with Crippen molar-refractivity contribution in [3.05, 3.63) is 58.7 Å². The van der Waals surface area contributed by atoms with Crippen LogP contribution in [0.2, 0.25) is 0 Å². The van der Waals surface area contributed by atoms with Crippen LogP contribution in [0.4, 0.5) is 0 Å². The van der Waals surface area contributed by atoms with Gasteiger partial charge in [0, 0.05) is 38.0 Å². The van der Waals surface area contributed by atoms with Crippen LogP contribution in [0, 0.1) is 35.0 Å². The van der Waals surface area contributed by atoms with Gasteiger partial charge in [0.15, 0.2) is 0 Å². The van der Waals surface area contributed by atoms with E-state index in [1.807, 2.05) is 18.2 Å². The average Bonchev–Trinajstić information content (AvgIpc) is 3.47. The van der Waals surface area contributed by atoms with E-state index in [9.17, 15) is 9.90 Å². The van der Waals surface area contributed by atoms with Gasteiger partial charge in [-0.2, -0.15) is 0 Å². The summed E-state index contributed by atoms with van der Waals surface area (Å²) in [6.07, 6.45) is 14.2. The van der Waals surface area contributed by atoms with Crippen LogP contribution >= 0.6 is 0 Å². The fourth-order valence-corrected chi connectivity index (χ4v) is 11.2. The maximum atomic E-state index is 12.7. The molecule has 2 aliphatic heterocycles. The van der Waals surface area contributed by atoms with Crippen molar-refractivity contribution in [2.45, 2.75) is 122 Å². The lowest BCUT2D eigenvalue weighted by molar-refractivity contribution is -0.121. The molecule has 7 rings (SSSR count). The Bertz CT molecular complexity index is 1290. The number of hydrogen-bond donors (Lipinski definition) is 2. The summed E-state index contributed by atoms with van der Waals surface area (Å²) in [5, 5.41) is 13.6. The van der Waals surface area contributed by atoms with Crippen molar-refractivity contribution in [2.75, 3.05) is 19.6 Å². The van der Waals surface area contributed by atoms with Crippen LogP contribution in [0.25, 0.3) is 0 Å². The Morgan fingerprint density at radius 2 is 1.95 bits per heavy atom. The molecule has 1 spiro atoms. The van der Waals surface area contributed by atoms with Crippen LogP contribution < -0.4 is 5.32 Å². The zero-order valence-electron chi connectivity index (χ0n) is 27.7. The van der Waals surface area contributed by atoms with E-state index in [1.54, 1.807) is 16.7 Å². The van der Waals surface area contributed by atoms with Crippen molar-refractivity contribution >= 4 is 5.91 Å². The van der Waals surface area contributed by atoms with Crippen LogP contribution in [0.5, 0.6) is 0 Å². The Hall–Kier alpha value is -1.95. The number of aliphatic hydroxyl groups is 1. The number of nitrogens with one attached hydrogen (secondary N) is 1. The van der Waals surface area contributed by atoms with Crippen molar-refractivity contribution in [2.24, 2.45) is 35.0 Å². The number of aryl methyl sites for hydroxylation is 1. The summed E-state index contributed by atoms with van der Waals surface area (Å²) < 4.78 is 7.29. The quantitative estimate of drug-likeness (QED) is 0.351. The summed E-state index contributed by atoms with van der Waals surface area (Å²) in [4.78, 5) is 15.3. The molecular weight excluding hydrogens is 544 g/mol. The van der Waals surface area contributed by atoms with Gasteiger partial charge in [-0.15, -0.1) is 0 Å². The highest BCUT2D eigenvalue weighted by Crippen LogP contribution is 2.63. The lowest BCUT2D eigenvalue weighted by atomic mass is 9.56. The lowest BCUT2D eigenvalue weighted by Gasteiger charge is -2.49. The van der Waals surface area contributed by atoms with E-state index in [-0.39, 0.29) is 23.0 Å². The summed E-state index contributed by atoms with van der Waals surface area (Å²) in [6.45, 7) is 12.5. The number of aliphatic hydroxyl groups excluding tert-OH is 1. The van der Waals surface area contributed by atoms with Crippen LogP contribution in [-0.4, -0.2) is 59.4 Å². The number of piperidine rings is 1. The minimum absolute atomic E-state index is 0.0674. The monoisotopic (exact) mass is 600 g/mol. The molecule has 1 amide bonds. The smallest absolute Gasteiger partial charge is 0.220 e. The first kappa shape index (κ1) is 30.7. The number of carbonyl (C=O) groups excluding carboxylic acids is 1. The van der Waals surface area contributed by atoms with E-state index in [1.165, 1.54) is 31.2 Å². The number of hydrogen-bond acceptors (Lipinski definition) is 4. The Kier molecular flexibility index (Phi) is 8.38. The first-order chi connectivity index (χ1) is 21.2. The number of amides is 1. The summed E-state index contributed by atoms with van der Waals surface area (Å²) in [5.74, 6) is 3.43. The van der Waals surface area contributed by atoms with Crippen molar-refractivity contribution in [3.8, 4) is 0 Å². The first-order valence-corrected chi connectivity index (χ1v) is 18.0. The van der Waals surface area contributed by atoms with Crippen molar-refractivity contribution < 1.29 is 14.6 Å². The second-order valence-electron chi connectivity index (χ2n) is 16.1. The molecule has 1 aromatic rings. The highest BCUT2D eigenvalue weighted by atomic mass is 16.5. The van der Waals surface area contributed by atoms with E-state index >= 15 is 0 Å². The van der Waals surface area contributed by atoms with Crippen LogP contribution in [0.1, 0.15) is 97.5 Å². The van der Waals surface area contributed by atoms with Gasteiger partial charge >= 0.3 is 0 Å². The molecule has 44 heavy (non-hydrogen) atoms. The maximum Gasteiger partial charge on any atom is 0.220 e. The Labute approximate surface area is 265 Å². The van der Waals surface area contributed by atoms with E-state index in [4.69, 9.17) is 4.74 Å². The molecule has 5 nitrogen and oxygen atoms in total. The fourth-order valence-electron chi connectivity index (χ4n) is 11.2. The minimum Gasteiger partial charge on any atom is -0.393 e. The molecule has 5 heteroatoms. The second-order valence-corrected chi connectivity index (χ2v) is 16.1. The highest BCUT2D eigenvalue weighted by Gasteiger charge is 2.59. The van der Waals surface area contributed by atoms with Crippen LogP contribution in [0.15, 0.2) is 53.1 Å². The molecule has 4 fully saturated rings. The number of fused-ring (bicyclic) bond motifs is 6. The first-order valence-electron chi connectivity index (χ1n) is 18.0. The minimum atomic E-state index is -0.138. The number of allylic oxidation sites excluding steroid dienone is 2. The molecule has 10 atom stereocenters. The SMILES string of the molecule is CC1=C2CC3C(CC=C4CC(O)CCC43C)C2CCC2(C1)OC1CC(C)CN(CCNC(=O)CCc3ccccc3)C1C2C. The van der Waals surface area contributed by atoms with Crippen molar-refractivity contribution in [3.63, 3.8) is 0 Å². The largest absolute Gasteiger partial charge is 0.393 e. The number of ether oxygens (including phenoxy) is 1. The third kappa shape index (κ3) is 5.43. The summed E-state index contributed by atoms with van der Waals surface area (Å²) >= 11 is 0. The fraction of sp³-hybridized carbons (Fsp3) is 0.718. The molecule has 2 saturated carbocycles. The summed E-state index contributed by atoms with van der Waals surface area (Å²) in [5.41, 5.74) is 6.38. The maximum absolute atomic E-state index is 12.7. The molecule has 6 aliphatic rings. The summed E-state index contributed by atoms with van der Waals surface area (Å²) in [7, 11) is 0. The van der Waals surface area contributed by atoms with Crippen LogP contribution in [-0.2, 0) is 16.0 Å². The lowest BCUT2D eigenvalue weighted by Crippen LogP contribution is -2.53. The number of carbonyl (C=O) groups is 1. The van der Waals surface area contributed by atoms with Gasteiger partial charge in [-0.3, -0.25) is 9.69 Å². The third-order valence-electron chi connectivity index (χ3n) is 13.5. The Morgan fingerprint density at radius 3 is 2.77 bits per heavy atom. The molecule has 2 heterocycles. The zero-order chi connectivity index (χ0) is 30.6. The van der Waals surface area contributed by atoms with Gasteiger partial charge in [-0.25, -0.2) is 0 Å². The van der Waals surface area contributed by atoms with Gasteiger partial charge in [0.25, 0.3) is 0 Å². The van der Waals surface area contributed by atoms with Gasteiger partial charge in [-0.05, 0) is 106 Å². The molecular formula is C39H56N2O3. The van der Waals surface area contributed by atoms with Gasteiger partial charge < -0.3 is 15.2 Å². The van der Waals surface area contributed by atoms with E-state index in [0.717, 1.165) is 63.5 Å². The van der Waals surface area contributed by atoms with E-state index < -0.39 is 0 Å². The zero-order valence-corrected chi connectivity index (χ0v) is 27.7. The molecule has 1 aromatic carbocycles. The standard InChI is InChI=1S/C39H56N2O3/c1-25-20-35-37(41(24-25)19-18-40-36(43)13-10-28-8-6-5-7-9-28)27(3)39(44-35)17-15-31-32-12-11-29-21-30(42)14-16-38(29,4)34(32)22-33(31)26(2)23-39/h5-9,11,25,27,30-32,34-35,37,42H,10,12-24H2,1-4H3,(H,40,43). The second kappa shape index (κ2) is 12.0. The number of likely N-dealkylation sites (tertiary alicyclic amines) is 1. The molecule has 0 aromatic heterocycles. The van der Waals surface area contributed by atoms with Crippen LogP contribution in [0.3, 0.4) is 0 Å². The predicted molar refractivity (Wildman–Crippen MR) is 176 cm³/mol. The van der Waals surface area contributed by atoms with Crippen molar-refractivity contribution in [1.82, 2.24) is 10.2 Å². The van der Waals surface area contributed by atoms with E-state index in [2.05, 4.69) is 56.1 Å². The third-order valence-corrected chi connectivity index (χ3v) is 13.5. The molecule has 0 radical (unpaired) electrons. The number of nitrogens with zero attached hydrogens (tertiary/aromatic N) is 1. The normalized spacial score (nSPS) is 41.8. The molecule has 2 N–H and O–H groups in total. The molecule has 240 valence electrons. The van der Waals surface area contributed by atoms with Gasteiger partial charge in [0.05, 0.1) is 17.8 Å². The predicted octanol–water partition coefficient (Wildman–Crippen LogP) is 6.85. The Balaban J connectivity index is 1.02. The molecule has 4 aliphatic carbocycles. The van der Waals surface area contributed by atoms with Gasteiger partial charge in [-0.1, -0.05) is 73.9 Å². The number of benzene rings is 1. The average molecular weight is 601 g/mol.